The first-order valence-electron chi connectivity index (χ1n) is 7.47. The lowest BCUT2D eigenvalue weighted by Crippen LogP contribution is -2.45. The zero-order chi connectivity index (χ0) is 17.0. The number of piperidine rings is 1. The van der Waals surface area contributed by atoms with E-state index in [4.69, 9.17) is 5.73 Å². The molecule has 2 N–H and O–H groups in total. The van der Waals surface area contributed by atoms with Crippen molar-refractivity contribution in [2.45, 2.75) is 32.0 Å². The van der Waals surface area contributed by atoms with Crippen LogP contribution in [0.5, 0.6) is 5.88 Å². The van der Waals surface area contributed by atoms with Gasteiger partial charge in [-0.25, -0.2) is 4.98 Å². The van der Waals surface area contributed by atoms with E-state index in [1.54, 1.807) is 4.90 Å². The molecule has 2 heterocycles. The van der Waals surface area contributed by atoms with Gasteiger partial charge < -0.3 is 15.4 Å². The van der Waals surface area contributed by atoms with Crippen molar-refractivity contribution in [3.05, 3.63) is 23.9 Å². The fourth-order valence-electron chi connectivity index (χ4n) is 2.61. The van der Waals surface area contributed by atoms with Crippen LogP contribution in [0.15, 0.2) is 18.3 Å². The van der Waals surface area contributed by atoms with E-state index in [-0.39, 0.29) is 54.1 Å². The van der Waals surface area contributed by atoms with Crippen LogP contribution in [0.25, 0.3) is 0 Å². The molecule has 0 radical (unpaired) electrons. The van der Waals surface area contributed by atoms with E-state index >= 15 is 0 Å². The van der Waals surface area contributed by atoms with Crippen molar-refractivity contribution in [2.75, 3.05) is 19.7 Å². The lowest BCUT2D eigenvalue weighted by molar-refractivity contribution is -0.154. The molecule has 0 aromatic carbocycles. The largest absolute Gasteiger partial charge is 0.467 e. The van der Waals surface area contributed by atoms with Crippen molar-refractivity contribution >= 4 is 30.7 Å². The van der Waals surface area contributed by atoms with E-state index in [9.17, 15) is 18.0 Å². The Morgan fingerprint density at radius 3 is 2.76 bits per heavy atom. The number of pyridine rings is 1. The number of nitrogens with two attached hydrogens (primary N) is 1. The molecule has 1 amide bonds. The number of amides is 1. The van der Waals surface area contributed by atoms with Crippen LogP contribution in [0.2, 0.25) is 0 Å². The molecular formula is C15H22Cl2F3N3O2. The molecule has 2 atom stereocenters. The maximum Gasteiger partial charge on any atom is 0.422 e. The molecular weight excluding hydrogens is 382 g/mol. The van der Waals surface area contributed by atoms with E-state index in [1.807, 2.05) is 6.92 Å². The van der Waals surface area contributed by atoms with Crippen LogP contribution in [0.4, 0.5) is 13.2 Å². The normalized spacial score (nSPS) is 18.6. The summed E-state index contributed by atoms with van der Waals surface area (Å²) >= 11 is 0. The number of carbonyl (C=O) groups is 1. The Labute approximate surface area is 156 Å². The summed E-state index contributed by atoms with van der Waals surface area (Å²) in [5.74, 6) is -0.484. The Morgan fingerprint density at radius 2 is 2.16 bits per heavy atom. The number of rotatable bonds is 4. The smallest absolute Gasteiger partial charge is 0.422 e. The quantitative estimate of drug-likeness (QED) is 0.838. The molecule has 10 heteroatoms. The highest BCUT2D eigenvalue weighted by atomic mass is 35.5. The summed E-state index contributed by atoms with van der Waals surface area (Å²) in [4.78, 5) is 18.0. The molecule has 0 spiro atoms. The highest BCUT2D eigenvalue weighted by Gasteiger charge is 2.31. The van der Waals surface area contributed by atoms with Crippen molar-refractivity contribution < 1.29 is 22.7 Å². The van der Waals surface area contributed by atoms with E-state index in [0.717, 1.165) is 12.8 Å². The molecule has 1 aliphatic rings. The van der Waals surface area contributed by atoms with Crippen LogP contribution in [0.3, 0.4) is 0 Å². The van der Waals surface area contributed by atoms with Crippen LogP contribution in [0, 0.1) is 5.92 Å². The Hall–Kier alpha value is -1.25. The first kappa shape index (κ1) is 23.8. The first-order valence-corrected chi connectivity index (χ1v) is 7.47. The van der Waals surface area contributed by atoms with Gasteiger partial charge in [0.25, 0.3) is 5.91 Å². The second-order valence-corrected chi connectivity index (χ2v) is 5.77. The van der Waals surface area contributed by atoms with Crippen LogP contribution >= 0.6 is 24.8 Å². The molecule has 1 aromatic heterocycles. The van der Waals surface area contributed by atoms with Gasteiger partial charge in [-0.15, -0.1) is 24.8 Å². The van der Waals surface area contributed by atoms with Gasteiger partial charge in [0.15, 0.2) is 6.61 Å². The Bertz CT molecular complexity index is 559. The molecule has 2 unspecified atom stereocenters. The van der Waals surface area contributed by atoms with Crippen LogP contribution in [-0.2, 0) is 0 Å². The number of likely N-dealkylation sites (tertiary alicyclic amines) is 1. The summed E-state index contributed by atoms with van der Waals surface area (Å²) in [6, 6.07) is 2.89. The second-order valence-electron chi connectivity index (χ2n) is 5.77. The number of carbonyl (C=O) groups excluding carboxylic acids is 1. The number of hydrogen-bond donors (Lipinski definition) is 1. The number of halogens is 5. The van der Waals surface area contributed by atoms with Gasteiger partial charge in [0.05, 0.1) is 0 Å². The molecule has 0 bridgehead atoms. The lowest BCUT2D eigenvalue weighted by Gasteiger charge is -2.34. The zero-order valence-corrected chi connectivity index (χ0v) is 15.3. The van der Waals surface area contributed by atoms with Crippen LogP contribution in [-0.4, -0.2) is 47.7 Å². The monoisotopic (exact) mass is 403 g/mol. The van der Waals surface area contributed by atoms with Gasteiger partial charge in [-0.05, 0) is 37.8 Å². The number of hydrogen-bond acceptors (Lipinski definition) is 4. The average Bonchev–Trinajstić information content (AvgIpc) is 2.52. The highest BCUT2D eigenvalue weighted by Crippen LogP contribution is 2.24. The van der Waals surface area contributed by atoms with Crippen molar-refractivity contribution in [1.82, 2.24) is 9.88 Å². The van der Waals surface area contributed by atoms with Gasteiger partial charge in [0.2, 0.25) is 5.88 Å². The molecule has 1 fully saturated rings. The van der Waals surface area contributed by atoms with Crippen LogP contribution in [0.1, 0.15) is 30.1 Å². The van der Waals surface area contributed by atoms with E-state index < -0.39 is 12.8 Å². The van der Waals surface area contributed by atoms with E-state index in [0.29, 0.717) is 13.1 Å². The SMILES string of the molecule is CC(N)C1CCCN(C(=O)c2cccnc2OCC(F)(F)F)C1.Cl.Cl. The van der Waals surface area contributed by atoms with E-state index in [1.165, 1.54) is 18.3 Å². The summed E-state index contributed by atoms with van der Waals surface area (Å²) in [6.45, 7) is 1.45. The molecule has 5 nitrogen and oxygen atoms in total. The summed E-state index contributed by atoms with van der Waals surface area (Å²) in [5.41, 5.74) is 5.94. The Morgan fingerprint density at radius 1 is 1.48 bits per heavy atom. The third-order valence-corrected chi connectivity index (χ3v) is 3.86. The molecule has 25 heavy (non-hydrogen) atoms. The molecule has 2 rings (SSSR count). The average molecular weight is 404 g/mol. The van der Waals surface area contributed by atoms with Crippen molar-refractivity contribution in [1.29, 1.82) is 0 Å². The van der Waals surface area contributed by atoms with Crippen LogP contribution < -0.4 is 10.5 Å². The number of aromatic nitrogens is 1. The van der Waals surface area contributed by atoms with Crippen molar-refractivity contribution in [2.24, 2.45) is 11.7 Å². The molecule has 144 valence electrons. The molecule has 0 aliphatic carbocycles. The Kier molecular flexibility index (Phi) is 9.53. The summed E-state index contributed by atoms with van der Waals surface area (Å²) in [6.07, 6.45) is -1.44. The molecule has 0 saturated carbocycles. The predicted molar refractivity (Wildman–Crippen MR) is 92.6 cm³/mol. The third kappa shape index (κ3) is 6.87. The topological polar surface area (TPSA) is 68.5 Å². The summed E-state index contributed by atoms with van der Waals surface area (Å²) in [5, 5.41) is 0. The molecule has 1 aliphatic heterocycles. The Balaban J connectivity index is 0.00000288. The molecule has 1 saturated heterocycles. The van der Waals surface area contributed by atoms with Crippen molar-refractivity contribution in [3.8, 4) is 5.88 Å². The standard InChI is InChI=1S/C15H20F3N3O2.2ClH/c1-10(19)11-4-3-7-21(8-11)14(22)12-5-2-6-20-13(12)23-9-15(16,17)18;;/h2,5-6,10-11H,3-4,7-9,19H2,1H3;2*1H. The number of nitrogens with zero attached hydrogens (tertiary/aromatic N) is 2. The van der Waals surface area contributed by atoms with E-state index in [2.05, 4.69) is 9.72 Å². The number of ether oxygens (including phenoxy) is 1. The minimum atomic E-state index is -4.48. The maximum absolute atomic E-state index is 12.6. The first-order chi connectivity index (χ1) is 10.8. The summed E-state index contributed by atoms with van der Waals surface area (Å²) < 4.78 is 41.6. The highest BCUT2D eigenvalue weighted by molar-refractivity contribution is 5.96. The number of alkyl halides is 3. The van der Waals surface area contributed by atoms with Gasteiger partial charge in [0, 0.05) is 25.3 Å². The minimum absolute atomic E-state index is 0. The van der Waals surface area contributed by atoms with Crippen molar-refractivity contribution in [3.63, 3.8) is 0 Å². The van der Waals surface area contributed by atoms with Gasteiger partial charge in [0.1, 0.15) is 5.56 Å². The maximum atomic E-state index is 12.6. The lowest BCUT2D eigenvalue weighted by atomic mass is 9.92. The second kappa shape index (κ2) is 10.0. The predicted octanol–water partition coefficient (Wildman–Crippen LogP) is 3.07. The van der Waals surface area contributed by atoms with Gasteiger partial charge >= 0.3 is 6.18 Å². The third-order valence-electron chi connectivity index (χ3n) is 3.86. The van der Waals surface area contributed by atoms with Gasteiger partial charge in [-0.1, -0.05) is 0 Å². The fourth-order valence-corrected chi connectivity index (χ4v) is 2.61. The zero-order valence-electron chi connectivity index (χ0n) is 13.7. The molecule has 1 aromatic rings. The fraction of sp³-hybridized carbons (Fsp3) is 0.600. The summed E-state index contributed by atoms with van der Waals surface area (Å²) in [7, 11) is 0. The minimum Gasteiger partial charge on any atom is -0.467 e. The van der Waals surface area contributed by atoms with Gasteiger partial charge in [-0.2, -0.15) is 13.2 Å². The van der Waals surface area contributed by atoms with Gasteiger partial charge in [-0.3, -0.25) is 4.79 Å².